The van der Waals surface area contributed by atoms with E-state index in [9.17, 15) is 0 Å². The van der Waals surface area contributed by atoms with Gasteiger partial charge in [0.05, 0.1) is 12.3 Å². The average molecular weight is 416 g/mol. The summed E-state index contributed by atoms with van der Waals surface area (Å²) < 4.78 is 3.00. The first kappa shape index (κ1) is 19.3. The van der Waals surface area contributed by atoms with Crippen molar-refractivity contribution in [3.63, 3.8) is 0 Å². The Morgan fingerprint density at radius 3 is 2.23 bits per heavy atom. The highest BCUT2D eigenvalue weighted by Gasteiger charge is 2.21. The summed E-state index contributed by atoms with van der Waals surface area (Å²) in [7, 11) is 0. The highest BCUT2D eigenvalue weighted by Crippen LogP contribution is 2.40. The molecule has 11 heteroatoms. The molecular weight excluding hydrogens is 400 g/mol. The van der Waals surface area contributed by atoms with E-state index in [2.05, 4.69) is 35.2 Å². The van der Waals surface area contributed by atoms with Crippen LogP contribution in [0, 0.1) is 13.5 Å². The Morgan fingerprint density at radius 2 is 1.67 bits per heavy atom. The van der Waals surface area contributed by atoms with Crippen molar-refractivity contribution in [1.82, 2.24) is 29.5 Å². The van der Waals surface area contributed by atoms with Crippen LogP contribution in [-0.4, -0.2) is 35.8 Å². The Hall–Kier alpha value is -4.04. The number of nitrogens with two attached hydrogens (primary N) is 1. The fraction of sp³-hybridized carbons (Fsp3) is 0.105. The fourth-order valence-corrected chi connectivity index (χ4v) is 3.25. The maximum atomic E-state index is 7.58. The number of aryl methyl sites for hydroxylation is 1. The molecule has 0 bridgehead atoms. The number of pyridine rings is 2. The second kappa shape index (κ2) is 8.14. The summed E-state index contributed by atoms with van der Waals surface area (Å²) in [5.74, 6) is 1.68. The number of aromatic nitrogens is 6. The summed E-state index contributed by atoms with van der Waals surface area (Å²) in [4.78, 5) is 12.2. The van der Waals surface area contributed by atoms with E-state index < -0.39 is 0 Å². The van der Waals surface area contributed by atoms with Crippen LogP contribution in [0.5, 0.6) is 0 Å². The Balaban J connectivity index is 1.81. The SMILES string of the molecule is [C-]#[N+]c1c(SC)nn(-c2ccccn2)c1N=Nc1c(C)nn(-c2ccccn2)c1N. The third kappa shape index (κ3) is 3.40. The quantitative estimate of drug-likeness (QED) is 0.292. The molecule has 0 amide bonds. The minimum absolute atomic E-state index is 0.275. The summed E-state index contributed by atoms with van der Waals surface area (Å²) in [6.07, 6.45) is 5.15. The van der Waals surface area contributed by atoms with Crippen LogP contribution in [0.15, 0.2) is 64.0 Å². The summed E-state index contributed by atoms with van der Waals surface area (Å²) in [6.45, 7) is 9.36. The van der Waals surface area contributed by atoms with E-state index in [0.717, 1.165) is 0 Å². The molecule has 0 spiro atoms. The molecule has 0 radical (unpaired) electrons. The first-order valence-corrected chi connectivity index (χ1v) is 10.0. The minimum Gasteiger partial charge on any atom is -0.382 e. The van der Waals surface area contributed by atoms with Crippen molar-refractivity contribution in [2.24, 2.45) is 10.2 Å². The lowest BCUT2D eigenvalue weighted by molar-refractivity contribution is 0.807. The maximum Gasteiger partial charge on any atom is 0.265 e. The van der Waals surface area contributed by atoms with E-state index in [1.54, 1.807) is 37.5 Å². The lowest BCUT2D eigenvalue weighted by atomic mass is 10.4. The predicted octanol–water partition coefficient (Wildman–Crippen LogP) is 4.43. The molecule has 0 aliphatic rings. The predicted molar refractivity (Wildman–Crippen MR) is 114 cm³/mol. The van der Waals surface area contributed by atoms with E-state index in [0.29, 0.717) is 39.5 Å². The highest BCUT2D eigenvalue weighted by atomic mass is 32.2. The Bertz CT molecular complexity index is 1250. The van der Waals surface area contributed by atoms with Crippen molar-refractivity contribution in [3.05, 3.63) is 65.9 Å². The number of nitrogens with zero attached hydrogens (tertiary/aromatic N) is 9. The van der Waals surface area contributed by atoms with Gasteiger partial charge in [-0.2, -0.15) is 14.9 Å². The number of rotatable bonds is 5. The smallest absolute Gasteiger partial charge is 0.265 e. The van der Waals surface area contributed by atoms with Gasteiger partial charge in [-0.3, -0.25) is 0 Å². The first-order valence-electron chi connectivity index (χ1n) is 8.78. The molecule has 0 fully saturated rings. The standard InChI is InChI=1S/C19H16N10S/c1-12-15(17(20)28(26-12)13-8-4-6-10-22-13)24-25-18-16(21-2)19(30-3)27-29(18)14-9-5-7-11-23-14/h4-11H,20H2,1,3H3. The highest BCUT2D eigenvalue weighted by molar-refractivity contribution is 7.98. The van der Waals surface area contributed by atoms with Crippen LogP contribution in [0.2, 0.25) is 0 Å². The molecule has 0 aliphatic heterocycles. The van der Waals surface area contributed by atoms with E-state index in [-0.39, 0.29) is 5.82 Å². The van der Waals surface area contributed by atoms with Gasteiger partial charge in [0.15, 0.2) is 29.0 Å². The Labute approximate surface area is 176 Å². The number of anilines is 1. The van der Waals surface area contributed by atoms with Crippen LogP contribution in [-0.2, 0) is 0 Å². The molecular formula is C19H16N10S. The fourth-order valence-electron chi connectivity index (χ4n) is 2.76. The Kier molecular flexibility index (Phi) is 5.23. The number of azo groups is 1. The van der Waals surface area contributed by atoms with Crippen LogP contribution in [0.3, 0.4) is 0 Å². The largest absolute Gasteiger partial charge is 0.382 e. The summed E-state index contributed by atoms with van der Waals surface area (Å²) >= 11 is 1.35. The van der Waals surface area contributed by atoms with Crippen molar-refractivity contribution in [1.29, 1.82) is 0 Å². The van der Waals surface area contributed by atoms with Gasteiger partial charge in [0, 0.05) is 12.4 Å². The monoisotopic (exact) mass is 416 g/mol. The number of thioether (sulfide) groups is 1. The van der Waals surface area contributed by atoms with Gasteiger partial charge in [0.1, 0.15) is 5.03 Å². The number of hydrogen-bond acceptors (Lipinski definition) is 8. The summed E-state index contributed by atoms with van der Waals surface area (Å²) in [5, 5.41) is 18.1. The number of nitrogen functional groups attached to an aromatic ring is 1. The molecule has 0 saturated heterocycles. The molecule has 4 heterocycles. The third-order valence-electron chi connectivity index (χ3n) is 4.15. The molecule has 4 aromatic rings. The molecule has 30 heavy (non-hydrogen) atoms. The van der Waals surface area contributed by atoms with E-state index in [1.807, 2.05) is 24.5 Å². The van der Waals surface area contributed by atoms with Crippen LogP contribution >= 0.6 is 11.8 Å². The van der Waals surface area contributed by atoms with Gasteiger partial charge < -0.3 is 5.73 Å². The Morgan fingerprint density at radius 1 is 1.00 bits per heavy atom. The van der Waals surface area contributed by atoms with Gasteiger partial charge >= 0.3 is 0 Å². The van der Waals surface area contributed by atoms with Crippen LogP contribution in [0.1, 0.15) is 5.69 Å². The van der Waals surface area contributed by atoms with Gasteiger partial charge in [0.2, 0.25) is 0 Å². The van der Waals surface area contributed by atoms with Gasteiger partial charge in [-0.1, -0.05) is 12.1 Å². The summed E-state index contributed by atoms with van der Waals surface area (Å²) in [6, 6.07) is 10.9. The van der Waals surface area contributed by atoms with Crippen LogP contribution in [0.4, 0.5) is 23.0 Å². The van der Waals surface area contributed by atoms with E-state index in [1.165, 1.54) is 21.1 Å². The second-order valence-electron chi connectivity index (χ2n) is 6.01. The molecule has 4 rings (SSSR count). The van der Waals surface area contributed by atoms with Gasteiger partial charge in [-0.25, -0.2) is 19.5 Å². The molecule has 0 saturated carbocycles. The summed E-state index contributed by atoms with van der Waals surface area (Å²) in [5.41, 5.74) is 7.54. The molecule has 2 N–H and O–H groups in total. The lowest BCUT2D eigenvalue weighted by Gasteiger charge is -2.03. The molecule has 0 unspecified atom stereocenters. The molecule has 4 aromatic heterocycles. The first-order chi connectivity index (χ1) is 14.6. The molecule has 0 atom stereocenters. The zero-order valence-corrected chi connectivity index (χ0v) is 16.9. The number of hydrogen-bond donors (Lipinski definition) is 1. The van der Waals surface area contributed by atoms with Crippen molar-refractivity contribution in [2.75, 3.05) is 12.0 Å². The molecule has 10 nitrogen and oxygen atoms in total. The van der Waals surface area contributed by atoms with E-state index in [4.69, 9.17) is 12.3 Å². The zero-order chi connectivity index (χ0) is 21.1. The topological polar surface area (TPSA) is 117 Å². The van der Waals surface area contributed by atoms with Gasteiger partial charge in [-0.05, 0) is 37.4 Å². The second-order valence-corrected chi connectivity index (χ2v) is 6.81. The molecule has 0 aliphatic carbocycles. The van der Waals surface area contributed by atoms with Gasteiger partial charge in [0.25, 0.3) is 5.69 Å². The molecule has 148 valence electrons. The maximum absolute atomic E-state index is 7.58. The lowest BCUT2D eigenvalue weighted by Crippen LogP contribution is -2.03. The zero-order valence-electron chi connectivity index (χ0n) is 16.1. The third-order valence-corrected chi connectivity index (χ3v) is 4.81. The van der Waals surface area contributed by atoms with E-state index >= 15 is 0 Å². The normalized spacial score (nSPS) is 11.1. The average Bonchev–Trinajstić information content (AvgIpc) is 3.29. The van der Waals surface area contributed by atoms with Crippen molar-refractivity contribution >= 4 is 34.8 Å². The van der Waals surface area contributed by atoms with Crippen molar-refractivity contribution in [2.45, 2.75) is 11.9 Å². The van der Waals surface area contributed by atoms with Crippen molar-refractivity contribution < 1.29 is 0 Å². The van der Waals surface area contributed by atoms with Crippen LogP contribution in [0.25, 0.3) is 16.5 Å². The van der Waals surface area contributed by atoms with Crippen LogP contribution < -0.4 is 5.73 Å². The van der Waals surface area contributed by atoms with Crippen molar-refractivity contribution in [3.8, 4) is 11.6 Å². The van der Waals surface area contributed by atoms with Gasteiger partial charge in [-0.15, -0.1) is 22.0 Å². The molecule has 0 aromatic carbocycles. The minimum atomic E-state index is 0.275.